The molecule has 0 fully saturated rings. The minimum atomic E-state index is -0.237. The van der Waals surface area contributed by atoms with Crippen LogP contribution in [0.25, 0.3) is 0 Å². The van der Waals surface area contributed by atoms with Crippen LogP contribution in [0.1, 0.15) is 13.3 Å². The van der Waals surface area contributed by atoms with E-state index in [0.717, 1.165) is 13.0 Å². The summed E-state index contributed by atoms with van der Waals surface area (Å²) in [5.74, 6) is 0. The van der Waals surface area contributed by atoms with Gasteiger partial charge in [0, 0.05) is 20.2 Å². The SMILES string of the molecule is CCC(O)CNCCOCCOC. The number of ether oxygens (including phenoxy) is 2. The van der Waals surface area contributed by atoms with Gasteiger partial charge < -0.3 is 19.9 Å². The first-order chi connectivity index (χ1) is 6.31. The van der Waals surface area contributed by atoms with Crippen molar-refractivity contribution in [3.63, 3.8) is 0 Å². The molecule has 0 bridgehead atoms. The first-order valence-corrected chi connectivity index (χ1v) is 4.76. The Bertz CT molecular complexity index is 101. The topological polar surface area (TPSA) is 50.7 Å². The predicted octanol–water partition coefficient (Wildman–Crippen LogP) is 0.00990. The van der Waals surface area contributed by atoms with E-state index in [-0.39, 0.29) is 6.10 Å². The van der Waals surface area contributed by atoms with Crippen LogP contribution in [0.4, 0.5) is 0 Å². The zero-order chi connectivity index (χ0) is 9.94. The van der Waals surface area contributed by atoms with Gasteiger partial charge in [0.2, 0.25) is 0 Å². The van der Waals surface area contributed by atoms with Gasteiger partial charge in [-0.1, -0.05) is 6.92 Å². The number of aliphatic hydroxyl groups is 1. The lowest BCUT2D eigenvalue weighted by molar-refractivity contribution is 0.0703. The van der Waals surface area contributed by atoms with E-state index in [1.54, 1.807) is 7.11 Å². The van der Waals surface area contributed by atoms with Crippen molar-refractivity contribution in [3.8, 4) is 0 Å². The molecule has 2 N–H and O–H groups in total. The molecule has 0 heterocycles. The predicted molar refractivity (Wildman–Crippen MR) is 51.9 cm³/mol. The molecular formula is C9H21NO3. The Hall–Kier alpha value is -0.160. The van der Waals surface area contributed by atoms with Crippen LogP contribution in [0.2, 0.25) is 0 Å². The third kappa shape index (κ3) is 9.76. The standard InChI is InChI=1S/C9H21NO3/c1-3-9(11)8-10-4-5-13-7-6-12-2/h9-11H,3-8H2,1-2H3. The summed E-state index contributed by atoms with van der Waals surface area (Å²) < 4.78 is 10.0. The van der Waals surface area contributed by atoms with Crippen LogP contribution >= 0.6 is 0 Å². The van der Waals surface area contributed by atoms with Crippen molar-refractivity contribution in [1.82, 2.24) is 5.32 Å². The van der Waals surface area contributed by atoms with Gasteiger partial charge in [0.1, 0.15) is 0 Å². The van der Waals surface area contributed by atoms with Gasteiger partial charge in [-0.3, -0.25) is 0 Å². The van der Waals surface area contributed by atoms with E-state index < -0.39 is 0 Å². The van der Waals surface area contributed by atoms with Gasteiger partial charge in [-0.15, -0.1) is 0 Å². The van der Waals surface area contributed by atoms with Crippen molar-refractivity contribution < 1.29 is 14.6 Å². The summed E-state index contributed by atoms with van der Waals surface area (Å²) in [4.78, 5) is 0. The molecule has 0 aromatic carbocycles. The number of nitrogens with one attached hydrogen (secondary N) is 1. The van der Waals surface area contributed by atoms with Crippen LogP contribution in [0.5, 0.6) is 0 Å². The molecule has 0 aliphatic heterocycles. The van der Waals surface area contributed by atoms with Gasteiger partial charge in [-0.05, 0) is 6.42 Å². The van der Waals surface area contributed by atoms with E-state index >= 15 is 0 Å². The highest BCUT2D eigenvalue weighted by atomic mass is 16.5. The number of hydrogen-bond donors (Lipinski definition) is 2. The number of hydrogen-bond acceptors (Lipinski definition) is 4. The molecule has 0 aromatic rings. The molecule has 4 heteroatoms. The Morgan fingerprint density at radius 3 is 2.69 bits per heavy atom. The fourth-order valence-electron chi connectivity index (χ4n) is 0.802. The summed E-state index contributed by atoms with van der Waals surface area (Å²) in [6.45, 7) is 5.32. The zero-order valence-electron chi connectivity index (χ0n) is 8.58. The summed E-state index contributed by atoms with van der Waals surface area (Å²) in [5.41, 5.74) is 0. The Labute approximate surface area is 80.2 Å². The number of aliphatic hydroxyl groups excluding tert-OH is 1. The summed E-state index contributed by atoms with van der Waals surface area (Å²) in [6, 6.07) is 0. The fraction of sp³-hybridized carbons (Fsp3) is 1.00. The zero-order valence-corrected chi connectivity index (χ0v) is 8.58. The Morgan fingerprint density at radius 2 is 2.08 bits per heavy atom. The maximum Gasteiger partial charge on any atom is 0.0700 e. The van der Waals surface area contributed by atoms with Gasteiger partial charge in [0.05, 0.1) is 25.9 Å². The fourth-order valence-corrected chi connectivity index (χ4v) is 0.802. The highest BCUT2D eigenvalue weighted by Gasteiger charge is 1.97. The van der Waals surface area contributed by atoms with Crippen molar-refractivity contribution >= 4 is 0 Å². The lowest BCUT2D eigenvalue weighted by Crippen LogP contribution is -2.29. The monoisotopic (exact) mass is 191 g/mol. The highest BCUT2D eigenvalue weighted by Crippen LogP contribution is 1.85. The lowest BCUT2D eigenvalue weighted by atomic mass is 10.3. The second-order valence-electron chi connectivity index (χ2n) is 2.87. The van der Waals surface area contributed by atoms with Crippen molar-refractivity contribution in [2.45, 2.75) is 19.4 Å². The van der Waals surface area contributed by atoms with Crippen LogP contribution in [0.15, 0.2) is 0 Å². The molecule has 0 radical (unpaired) electrons. The minimum absolute atomic E-state index is 0.237. The normalized spacial score (nSPS) is 13.2. The maximum atomic E-state index is 9.18. The lowest BCUT2D eigenvalue weighted by Gasteiger charge is -2.09. The first kappa shape index (κ1) is 12.8. The maximum absolute atomic E-state index is 9.18. The Balaban J connectivity index is 2.91. The van der Waals surface area contributed by atoms with Gasteiger partial charge in [0.25, 0.3) is 0 Å². The van der Waals surface area contributed by atoms with E-state index in [2.05, 4.69) is 5.32 Å². The van der Waals surface area contributed by atoms with Gasteiger partial charge in [0.15, 0.2) is 0 Å². The van der Waals surface area contributed by atoms with Crippen LogP contribution < -0.4 is 5.32 Å². The average Bonchev–Trinajstić information content (AvgIpc) is 2.16. The smallest absolute Gasteiger partial charge is 0.0700 e. The summed E-state index contributed by atoms with van der Waals surface area (Å²) in [5, 5.41) is 12.3. The largest absolute Gasteiger partial charge is 0.392 e. The number of methoxy groups -OCH3 is 1. The molecule has 0 aliphatic carbocycles. The molecule has 0 saturated carbocycles. The summed E-state index contributed by atoms with van der Waals surface area (Å²) in [6.07, 6.45) is 0.552. The molecule has 0 saturated heterocycles. The summed E-state index contributed by atoms with van der Waals surface area (Å²) in [7, 11) is 1.65. The van der Waals surface area contributed by atoms with Gasteiger partial charge >= 0.3 is 0 Å². The van der Waals surface area contributed by atoms with Crippen molar-refractivity contribution in [1.29, 1.82) is 0 Å². The molecule has 13 heavy (non-hydrogen) atoms. The molecule has 0 spiro atoms. The molecule has 1 unspecified atom stereocenters. The third-order valence-corrected chi connectivity index (χ3v) is 1.71. The molecule has 80 valence electrons. The highest BCUT2D eigenvalue weighted by molar-refractivity contribution is 4.55. The molecule has 1 atom stereocenters. The Kier molecular flexibility index (Phi) is 9.80. The third-order valence-electron chi connectivity index (χ3n) is 1.71. The van der Waals surface area contributed by atoms with E-state index in [1.165, 1.54) is 0 Å². The van der Waals surface area contributed by atoms with Gasteiger partial charge in [-0.2, -0.15) is 0 Å². The van der Waals surface area contributed by atoms with Crippen LogP contribution in [-0.2, 0) is 9.47 Å². The molecule has 0 rings (SSSR count). The quantitative estimate of drug-likeness (QED) is 0.504. The minimum Gasteiger partial charge on any atom is -0.392 e. The molecule has 0 amide bonds. The van der Waals surface area contributed by atoms with Crippen molar-refractivity contribution in [2.75, 3.05) is 40.0 Å². The van der Waals surface area contributed by atoms with Crippen molar-refractivity contribution in [2.24, 2.45) is 0 Å². The van der Waals surface area contributed by atoms with Gasteiger partial charge in [-0.25, -0.2) is 0 Å². The van der Waals surface area contributed by atoms with E-state index in [1.807, 2.05) is 6.92 Å². The van der Waals surface area contributed by atoms with E-state index in [4.69, 9.17) is 9.47 Å². The molecule has 0 aliphatic rings. The first-order valence-electron chi connectivity index (χ1n) is 4.76. The summed E-state index contributed by atoms with van der Waals surface area (Å²) >= 11 is 0. The van der Waals surface area contributed by atoms with Crippen LogP contribution in [0.3, 0.4) is 0 Å². The Morgan fingerprint density at radius 1 is 1.31 bits per heavy atom. The molecular weight excluding hydrogens is 170 g/mol. The average molecular weight is 191 g/mol. The van der Waals surface area contributed by atoms with E-state index in [0.29, 0.717) is 26.4 Å². The molecule has 0 aromatic heterocycles. The van der Waals surface area contributed by atoms with Crippen molar-refractivity contribution in [3.05, 3.63) is 0 Å². The molecule has 4 nitrogen and oxygen atoms in total. The number of rotatable bonds is 9. The van der Waals surface area contributed by atoms with Crippen LogP contribution in [0, 0.1) is 0 Å². The van der Waals surface area contributed by atoms with E-state index in [9.17, 15) is 5.11 Å². The van der Waals surface area contributed by atoms with Crippen LogP contribution in [-0.4, -0.2) is 51.2 Å². The second kappa shape index (κ2) is 9.92. The second-order valence-corrected chi connectivity index (χ2v) is 2.87.